The minimum absolute atomic E-state index is 0.00513. The largest absolute Gasteiger partial charge is 0.383 e. The molecule has 0 fully saturated rings. The van der Waals surface area contributed by atoms with Crippen molar-refractivity contribution in [3.8, 4) is 0 Å². The normalized spacial score (nSPS) is 15.4. The summed E-state index contributed by atoms with van der Waals surface area (Å²) in [6.07, 6.45) is 3.76. The molecule has 0 radical (unpaired) electrons. The van der Waals surface area contributed by atoms with Gasteiger partial charge in [0.25, 0.3) is 5.56 Å². The summed E-state index contributed by atoms with van der Waals surface area (Å²) in [6.45, 7) is 7.67. The van der Waals surface area contributed by atoms with Crippen LogP contribution in [0.25, 0.3) is 0 Å². The summed E-state index contributed by atoms with van der Waals surface area (Å²) in [4.78, 5) is 44.9. The van der Waals surface area contributed by atoms with Crippen molar-refractivity contribution < 1.29 is 9.53 Å². The van der Waals surface area contributed by atoms with Crippen LogP contribution in [0.4, 0.5) is 11.5 Å². The molecule has 9 nitrogen and oxygen atoms in total. The van der Waals surface area contributed by atoms with Crippen molar-refractivity contribution in [3.05, 3.63) is 56.2 Å². The highest BCUT2D eigenvalue weighted by Crippen LogP contribution is 2.25. The van der Waals surface area contributed by atoms with Crippen LogP contribution < -0.4 is 21.9 Å². The number of methoxy groups -OCH3 is 1. The average molecular weight is 486 g/mol. The smallest absolute Gasteiger partial charge is 0.330 e. The first-order valence-corrected chi connectivity index (χ1v) is 12.5. The number of hydrogen-bond acceptors (Lipinski definition) is 6. The number of carbonyl (C=O) groups is 1. The molecule has 9 heteroatoms. The number of nitrogens with zero attached hydrogens (tertiary/aromatic N) is 3. The number of aromatic amines is 1. The lowest BCUT2D eigenvalue weighted by molar-refractivity contribution is -0.120. The second kappa shape index (κ2) is 12.2. The summed E-state index contributed by atoms with van der Waals surface area (Å²) in [7, 11) is 1.54. The summed E-state index contributed by atoms with van der Waals surface area (Å²) < 4.78 is 6.55. The maximum atomic E-state index is 13.7. The van der Waals surface area contributed by atoms with Crippen molar-refractivity contribution in [1.82, 2.24) is 14.5 Å². The summed E-state index contributed by atoms with van der Waals surface area (Å²) >= 11 is 0. The Kier molecular flexibility index (Phi) is 9.28. The summed E-state index contributed by atoms with van der Waals surface area (Å²) in [5, 5.41) is 0. The fourth-order valence-corrected chi connectivity index (χ4v) is 4.86. The van der Waals surface area contributed by atoms with Gasteiger partial charge in [0.1, 0.15) is 5.82 Å². The highest BCUT2D eigenvalue weighted by Gasteiger charge is 2.29. The van der Waals surface area contributed by atoms with Crippen molar-refractivity contribution in [2.75, 3.05) is 44.0 Å². The van der Waals surface area contributed by atoms with Gasteiger partial charge in [-0.3, -0.25) is 24.0 Å². The zero-order chi connectivity index (χ0) is 25.5. The molecule has 0 saturated heterocycles. The molecule has 1 heterocycles. The van der Waals surface area contributed by atoms with Crippen LogP contribution in [0.2, 0.25) is 0 Å². The Labute approximate surface area is 206 Å². The van der Waals surface area contributed by atoms with E-state index in [4.69, 9.17) is 10.5 Å². The topological polar surface area (TPSA) is 114 Å². The van der Waals surface area contributed by atoms with Crippen LogP contribution in [0.15, 0.2) is 33.9 Å². The highest BCUT2D eigenvalue weighted by atomic mass is 16.5. The molecule has 0 spiro atoms. The maximum absolute atomic E-state index is 13.7. The van der Waals surface area contributed by atoms with Crippen LogP contribution in [0.5, 0.6) is 0 Å². The van der Waals surface area contributed by atoms with Crippen LogP contribution >= 0.6 is 0 Å². The lowest BCUT2D eigenvalue weighted by Gasteiger charge is -2.36. The Hall–Kier alpha value is -2.91. The molecule has 1 unspecified atom stereocenters. The molecule has 1 aliphatic carbocycles. The molecule has 1 amide bonds. The number of H-pyrrole nitrogens is 1. The number of aromatic nitrogens is 2. The van der Waals surface area contributed by atoms with Crippen LogP contribution in [0.1, 0.15) is 44.7 Å². The molecule has 2 aromatic rings. The number of ether oxygens (including phenoxy) is 1. The molecule has 1 aromatic heterocycles. The van der Waals surface area contributed by atoms with Crippen molar-refractivity contribution in [2.24, 2.45) is 5.92 Å². The number of amides is 1. The molecule has 0 aliphatic heterocycles. The molecule has 0 saturated carbocycles. The number of rotatable bonds is 11. The third-order valence-corrected chi connectivity index (χ3v) is 6.54. The third kappa shape index (κ3) is 6.41. The van der Waals surface area contributed by atoms with Gasteiger partial charge in [0.2, 0.25) is 5.91 Å². The van der Waals surface area contributed by atoms with Gasteiger partial charge < -0.3 is 15.4 Å². The van der Waals surface area contributed by atoms with E-state index in [-0.39, 0.29) is 49.1 Å². The van der Waals surface area contributed by atoms with Crippen LogP contribution in [0, 0.1) is 5.92 Å². The molecule has 1 aromatic carbocycles. The molecule has 3 N–H and O–H groups in total. The van der Waals surface area contributed by atoms with Crippen molar-refractivity contribution in [3.63, 3.8) is 0 Å². The van der Waals surface area contributed by atoms with E-state index in [0.29, 0.717) is 6.54 Å². The van der Waals surface area contributed by atoms with E-state index in [1.807, 2.05) is 13.8 Å². The Morgan fingerprint density at radius 3 is 2.60 bits per heavy atom. The van der Waals surface area contributed by atoms with Crippen LogP contribution in [-0.4, -0.2) is 59.8 Å². The lowest BCUT2D eigenvalue weighted by Crippen LogP contribution is -2.49. The van der Waals surface area contributed by atoms with Gasteiger partial charge in [0, 0.05) is 26.2 Å². The molecular weight excluding hydrogens is 446 g/mol. The Bertz CT molecular complexity index is 1120. The molecule has 1 aliphatic rings. The Morgan fingerprint density at radius 1 is 1.23 bits per heavy atom. The molecule has 0 bridgehead atoms. The van der Waals surface area contributed by atoms with Crippen molar-refractivity contribution >= 4 is 17.4 Å². The van der Waals surface area contributed by atoms with E-state index in [2.05, 4.69) is 41.1 Å². The summed E-state index contributed by atoms with van der Waals surface area (Å²) in [5.74, 6) is -0.0991. The van der Waals surface area contributed by atoms with E-state index in [9.17, 15) is 14.4 Å². The molecular formula is C26H39N5O4. The predicted octanol–water partition coefficient (Wildman–Crippen LogP) is 2.02. The second-order valence-electron chi connectivity index (χ2n) is 9.67. The van der Waals surface area contributed by atoms with Crippen molar-refractivity contribution in [2.45, 2.75) is 59.0 Å². The Morgan fingerprint density at radius 2 is 1.94 bits per heavy atom. The molecule has 35 heavy (non-hydrogen) atoms. The van der Waals surface area contributed by atoms with Gasteiger partial charge >= 0.3 is 5.69 Å². The first kappa shape index (κ1) is 26.7. The molecule has 192 valence electrons. The zero-order valence-electron chi connectivity index (χ0n) is 21.4. The minimum Gasteiger partial charge on any atom is -0.383 e. The average Bonchev–Trinajstić information content (AvgIpc) is 2.82. The van der Waals surface area contributed by atoms with Gasteiger partial charge in [-0.1, -0.05) is 45.0 Å². The number of nitrogens with one attached hydrogen (secondary N) is 1. The fourth-order valence-electron chi connectivity index (χ4n) is 4.86. The number of aryl methyl sites for hydroxylation is 1. The standard InChI is InChI=1S/C26H39N5O4/c1-5-12-29(21-11-10-19-8-6-7-9-20(19)15-21)17-22(32)30(13-14-35-4)23-24(27)31(16-18(2)3)26(34)28-25(23)33/h6-9,18,21H,5,10-17,27H2,1-4H3,(H,28,33,34). The Balaban J connectivity index is 1.91. The second-order valence-corrected chi connectivity index (χ2v) is 9.67. The number of carbonyl (C=O) groups excluding carboxylic acids is 1. The van der Waals surface area contributed by atoms with E-state index in [1.165, 1.54) is 20.6 Å². The highest BCUT2D eigenvalue weighted by molar-refractivity contribution is 5.96. The van der Waals surface area contributed by atoms with Gasteiger partial charge in [0.15, 0.2) is 5.69 Å². The number of benzene rings is 1. The quantitative estimate of drug-likeness (QED) is 0.503. The molecule has 1 atom stereocenters. The van der Waals surface area contributed by atoms with Gasteiger partial charge in [-0.25, -0.2) is 4.79 Å². The van der Waals surface area contributed by atoms with Gasteiger partial charge in [0.05, 0.1) is 13.2 Å². The maximum Gasteiger partial charge on any atom is 0.330 e. The van der Waals surface area contributed by atoms with Crippen LogP contribution in [0.3, 0.4) is 0 Å². The van der Waals surface area contributed by atoms with Crippen molar-refractivity contribution in [1.29, 1.82) is 0 Å². The summed E-state index contributed by atoms with van der Waals surface area (Å²) in [5.41, 5.74) is 7.81. The van der Waals surface area contributed by atoms with E-state index in [0.717, 1.165) is 32.2 Å². The lowest BCUT2D eigenvalue weighted by atomic mass is 9.87. The van der Waals surface area contributed by atoms with E-state index < -0.39 is 11.2 Å². The summed E-state index contributed by atoms with van der Waals surface area (Å²) in [6, 6.07) is 8.71. The SMILES string of the molecule is CCCN(CC(=O)N(CCOC)c1c(N)n(CC(C)C)c(=O)[nH]c1=O)C1CCc2ccccc2C1. The van der Waals surface area contributed by atoms with E-state index >= 15 is 0 Å². The monoisotopic (exact) mass is 485 g/mol. The molecule has 3 rings (SSSR count). The zero-order valence-corrected chi connectivity index (χ0v) is 21.4. The fraction of sp³-hybridized carbons (Fsp3) is 0.577. The number of anilines is 2. The predicted molar refractivity (Wildman–Crippen MR) is 139 cm³/mol. The van der Waals surface area contributed by atoms with Gasteiger partial charge in [-0.05, 0) is 49.3 Å². The van der Waals surface area contributed by atoms with E-state index in [1.54, 1.807) is 7.11 Å². The first-order valence-electron chi connectivity index (χ1n) is 12.5. The number of nitrogens with two attached hydrogens (primary N) is 1. The third-order valence-electron chi connectivity index (χ3n) is 6.54. The van der Waals surface area contributed by atoms with Gasteiger partial charge in [-0.15, -0.1) is 0 Å². The van der Waals surface area contributed by atoms with Crippen LogP contribution in [-0.2, 0) is 28.9 Å². The number of hydrogen-bond donors (Lipinski definition) is 2. The first-order chi connectivity index (χ1) is 16.8. The number of nitrogen functional groups attached to an aromatic ring is 1. The number of fused-ring (bicyclic) bond motifs is 1. The van der Waals surface area contributed by atoms with Gasteiger partial charge in [-0.2, -0.15) is 0 Å². The minimum atomic E-state index is -0.661.